The van der Waals surface area contributed by atoms with Gasteiger partial charge in [-0.3, -0.25) is 14.4 Å². The van der Waals surface area contributed by atoms with E-state index in [1.165, 1.54) is 16.8 Å². The number of carbonyl (C=O) groups excluding carboxylic acids is 2. The van der Waals surface area contributed by atoms with E-state index in [0.29, 0.717) is 12.8 Å². The molecule has 1 saturated heterocycles. The molecule has 2 bridgehead atoms. The Labute approximate surface area is 205 Å². The van der Waals surface area contributed by atoms with Crippen LogP contribution >= 0.6 is 0 Å². The standard InChI is InChI=1S/C26H27F2N3O5/c27-14-4-7-18(19(28)10-14)26(8-2-1-3-9-26)29-24(34)17-12-30-13-20-31(15-5-6-16(11-15)36-20)25(35)21(30)23(33)22(17)32/h4,7,10,12,15-16,20,33H,1-3,5-6,8-9,11,13H2,(H,29,34)/t15-,16+,20?/m1/s1. The third-order valence-corrected chi connectivity index (χ3v) is 8.21. The zero-order valence-electron chi connectivity index (χ0n) is 19.6. The van der Waals surface area contributed by atoms with Crippen molar-refractivity contribution in [3.05, 3.63) is 63.1 Å². The molecule has 4 aliphatic rings. The van der Waals surface area contributed by atoms with Crippen molar-refractivity contribution >= 4 is 11.8 Å². The Kier molecular flexibility index (Phi) is 5.40. The molecule has 1 aromatic carbocycles. The van der Waals surface area contributed by atoms with Crippen LogP contribution in [0.5, 0.6) is 5.75 Å². The van der Waals surface area contributed by atoms with Crippen LogP contribution in [0.3, 0.4) is 0 Å². The number of amides is 2. The zero-order valence-corrected chi connectivity index (χ0v) is 19.6. The summed E-state index contributed by atoms with van der Waals surface area (Å²) in [5, 5.41) is 13.6. The molecule has 1 unspecified atom stereocenters. The minimum absolute atomic E-state index is 0.00393. The predicted molar refractivity (Wildman–Crippen MR) is 123 cm³/mol. The van der Waals surface area contributed by atoms with Crippen LogP contribution < -0.4 is 10.7 Å². The number of aromatic hydroxyl groups is 1. The Morgan fingerprint density at radius 2 is 1.92 bits per heavy atom. The summed E-state index contributed by atoms with van der Waals surface area (Å²) in [7, 11) is 0. The molecule has 190 valence electrons. The van der Waals surface area contributed by atoms with Crippen LogP contribution in [-0.4, -0.2) is 44.8 Å². The molecule has 8 nitrogen and oxygen atoms in total. The third-order valence-electron chi connectivity index (χ3n) is 8.21. The van der Waals surface area contributed by atoms with Crippen LogP contribution in [0, 0.1) is 11.6 Å². The van der Waals surface area contributed by atoms with Crippen molar-refractivity contribution in [2.45, 2.75) is 81.8 Å². The van der Waals surface area contributed by atoms with Crippen molar-refractivity contribution in [2.75, 3.05) is 0 Å². The number of carbonyl (C=O) groups is 2. The summed E-state index contributed by atoms with van der Waals surface area (Å²) in [6.07, 6.45) is 6.39. The van der Waals surface area contributed by atoms with Crippen LogP contribution in [0.15, 0.2) is 29.2 Å². The first-order chi connectivity index (χ1) is 17.3. The van der Waals surface area contributed by atoms with Crippen molar-refractivity contribution in [1.29, 1.82) is 0 Å². The molecule has 2 aromatic rings. The number of fused-ring (bicyclic) bond motifs is 5. The molecule has 0 radical (unpaired) electrons. The summed E-state index contributed by atoms with van der Waals surface area (Å²) >= 11 is 0. The first-order valence-corrected chi connectivity index (χ1v) is 12.5. The van der Waals surface area contributed by atoms with Crippen LogP contribution in [0.4, 0.5) is 8.78 Å². The van der Waals surface area contributed by atoms with Gasteiger partial charge < -0.3 is 24.6 Å². The van der Waals surface area contributed by atoms with Crippen molar-refractivity contribution < 1.29 is 28.2 Å². The summed E-state index contributed by atoms with van der Waals surface area (Å²) in [6.45, 7) is 0.180. The van der Waals surface area contributed by atoms with Gasteiger partial charge in [0, 0.05) is 23.9 Å². The lowest BCUT2D eigenvalue weighted by molar-refractivity contribution is -0.132. The normalized spacial score (nSPS) is 26.3. The average Bonchev–Trinajstić information content (AvgIpc) is 3.22. The number of aromatic nitrogens is 1. The van der Waals surface area contributed by atoms with Gasteiger partial charge in [-0.25, -0.2) is 8.78 Å². The Morgan fingerprint density at radius 3 is 2.67 bits per heavy atom. The van der Waals surface area contributed by atoms with E-state index in [-0.39, 0.29) is 35.5 Å². The number of halogens is 2. The van der Waals surface area contributed by atoms with Gasteiger partial charge >= 0.3 is 0 Å². The van der Waals surface area contributed by atoms with Crippen molar-refractivity contribution in [1.82, 2.24) is 14.8 Å². The van der Waals surface area contributed by atoms with E-state index in [0.717, 1.165) is 50.7 Å². The van der Waals surface area contributed by atoms with Crippen molar-refractivity contribution in [3.8, 4) is 5.75 Å². The maximum atomic E-state index is 14.8. The lowest BCUT2D eigenvalue weighted by Crippen LogP contribution is -2.57. The fourth-order valence-corrected chi connectivity index (χ4v) is 6.49. The van der Waals surface area contributed by atoms with Gasteiger partial charge in [0.05, 0.1) is 18.2 Å². The van der Waals surface area contributed by atoms with E-state index in [4.69, 9.17) is 4.74 Å². The number of rotatable bonds is 3. The van der Waals surface area contributed by atoms with Gasteiger partial charge in [-0.15, -0.1) is 0 Å². The molecule has 2 N–H and O–H groups in total. The van der Waals surface area contributed by atoms with Gasteiger partial charge in [-0.05, 0) is 38.2 Å². The fourth-order valence-electron chi connectivity index (χ4n) is 6.49. The monoisotopic (exact) mass is 499 g/mol. The predicted octanol–water partition coefficient (Wildman–Crippen LogP) is 3.15. The van der Waals surface area contributed by atoms with Gasteiger partial charge in [0.15, 0.2) is 17.7 Å². The van der Waals surface area contributed by atoms with Crippen LogP contribution in [-0.2, 0) is 16.8 Å². The molecule has 3 fully saturated rings. The number of hydrogen-bond donors (Lipinski definition) is 2. The highest BCUT2D eigenvalue weighted by Gasteiger charge is 2.48. The number of nitrogens with zero attached hydrogens (tertiary/aromatic N) is 2. The molecule has 1 aromatic heterocycles. The van der Waals surface area contributed by atoms with E-state index in [1.54, 1.807) is 4.90 Å². The molecule has 0 spiro atoms. The van der Waals surface area contributed by atoms with Crippen molar-refractivity contribution in [3.63, 3.8) is 0 Å². The molecule has 2 aliphatic carbocycles. The first-order valence-electron chi connectivity index (χ1n) is 12.5. The molecular weight excluding hydrogens is 472 g/mol. The SMILES string of the molecule is O=C(NC1(c2ccc(F)cc2F)CCCCC1)c1cn2c(c(O)c1=O)C(=O)N1C(C2)O[C@H]2CC[C@@H]1C2. The molecule has 2 saturated carbocycles. The molecule has 2 aliphatic heterocycles. The molecule has 10 heteroatoms. The highest BCUT2D eigenvalue weighted by Crippen LogP contribution is 2.40. The smallest absolute Gasteiger partial charge is 0.276 e. The second-order valence-electron chi connectivity index (χ2n) is 10.3. The quantitative estimate of drug-likeness (QED) is 0.676. The highest BCUT2D eigenvalue weighted by atomic mass is 19.1. The maximum Gasteiger partial charge on any atom is 0.276 e. The number of hydrogen-bond acceptors (Lipinski definition) is 5. The van der Waals surface area contributed by atoms with Gasteiger partial charge in [0.2, 0.25) is 5.43 Å². The Morgan fingerprint density at radius 1 is 1.14 bits per heavy atom. The van der Waals surface area contributed by atoms with E-state index in [9.17, 15) is 28.3 Å². The molecule has 36 heavy (non-hydrogen) atoms. The number of nitrogens with one attached hydrogen (secondary N) is 1. The van der Waals surface area contributed by atoms with Gasteiger partial charge in [-0.1, -0.05) is 25.3 Å². The second kappa shape index (κ2) is 8.40. The van der Waals surface area contributed by atoms with Crippen LogP contribution in [0.1, 0.15) is 77.8 Å². The highest BCUT2D eigenvalue weighted by molar-refractivity contribution is 5.99. The lowest BCUT2D eigenvalue weighted by atomic mass is 9.76. The summed E-state index contributed by atoms with van der Waals surface area (Å²) in [5.74, 6) is -3.54. The van der Waals surface area contributed by atoms with Gasteiger partial charge in [0.1, 0.15) is 17.2 Å². The minimum atomic E-state index is -1.12. The Bertz CT molecular complexity index is 1320. The number of pyridine rings is 1. The van der Waals surface area contributed by atoms with E-state index >= 15 is 0 Å². The average molecular weight is 500 g/mol. The zero-order chi connectivity index (χ0) is 25.2. The summed E-state index contributed by atoms with van der Waals surface area (Å²) in [6, 6.07) is 3.26. The summed E-state index contributed by atoms with van der Waals surface area (Å²) < 4.78 is 35.9. The van der Waals surface area contributed by atoms with E-state index in [2.05, 4.69) is 5.32 Å². The number of benzene rings is 1. The molecular formula is C26H27F2N3O5. The topological polar surface area (TPSA) is 101 Å². The van der Waals surface area contributed by atoms with E-state index < -0.39 is 46.4 Å². The van der Waals surface area contributed by atoms with Gasteiger partial charge in [-0.2, -0.15) is 0 Å². The molecule has 3 atom stereocenters. The van der Waals surface area contributed by atoms with Crippen LogP contribution in [0.2, 0.25) is 0 Å². The third kappa shape index (κ3) is 3.53. The van der Waals surface area contributed by atoms with Crippen molar-refractivity contribution in [2.24, 2.45) is 0 Å². The van der Waals surface area contributed by atoms with Crippen LogP contribution in [0.25, 0.3) is 0 Å². The summed E-state index contributed by atoms with van der Waals surface area (Å²) in [5.41, 5.74) is -2.41. The maximum absolute atomic E-state index is 14.8. The Hall–Kier alpha value is -3.27. The number of ether oxygens (including phenoxy) is 1. The first kappa shape index (κ1) is 23.1. The molecule has 2 amide bonds. The lowest BCUT2D eigenvalue weighted by Gasteiger charge is -2.44. The fraction of sp³-hybridized carbons (Fsp3) is 0.500. The summed E-state index contributed by atoms with van der Waals surface area (Å²) in [4.78, 5) is 41.4. The largest absolute Gasteiger partial charge is 0.503 e. The second-order valence-corrected chi connectivity index (χ2v) is 10.3. The molecule has 3 heterocycles. The van der Waals surface area contributed by atoms with E-state index in [1.807, 2.05) is 0 Å². The molecule has 6 rings (SSSR count). The van der Waals surface area contributed by atoms with Gasteiger partial charge in [0.25, 0.3) is 11.8 Å². The Balaban J connectivity index is 1.37. The minimum Gasteiger partial charge on any atom is -0.503 e.